The third kappa shape index (κ3) is 3.53. The van der Waals surface area contributed by atoms with Gasteiger partial charge in [0.05, 0.1) is 17.4 Å². The van der Waals surface area contributed by atoms with Gasteiger partial charge in [0.2, 0.25) is 0 Å². The number of carbonyl (C=O) groups is 1. The van der Waals surface area contributed by atoms with Gasteiger partial charge < -0.3 is 15.5 Å². The Labute approximate surface area is 127 Å². The first-order valence-corrected chi connectivity index (χ1v) is 7.72. The molecule has 1 heterocycles. The molecule has 1 fully saturated rings. The first-order valence-electron chi connectivity index (χ1n) is 7.72. The van der Waals surface area contributed by atoms with Crippen molar-refractivity contribution in [3.8, 4) is 0 Å². The molecule has 1 aliphatic carbocycles. The van der Waals surface area contributed by atoms with Crippen molar-refractivity contribution < 1.29 is 4.79 Å². The van der Waals surface area contributed by atoms with E-state index in [1.165, 1.54) is 12.8 Å². The van der Waals surface area contributed by atoms with Gasteiger partial charge in [0.25, 0.3) is 5.91 Å². The smallest absolute Gasteiger partial charge is 0.253 e. The Hall–Kier alpha value is -1.62. The van der Waals surface area contributed by atoms with Crippen LogP contribution < -0.4 is 10.6 Å². The number of nitrogens with zero attached hydrogens (tertiary/aromatic N) is 2. The van der Waals surface area contributed by atoms with Gasteiger partial charge in [0, 0.05) is 24.8 Å². The zero-order valence-corrected chi connectivity index (χ0v) is 13.3. The number of carbonyl (C=O) groups excluding carboxylic acids is 1. The Balaban J connectivity index is 2.05. The molecule has 0 aromatic carbocycles. The van der Waals surface area contributed by atoms with Gasteiger partial charge in [0.1, 0.15) is 0 Å². The highest BCUT2D eigenvalue weighted by molar-refractivity contribution is 5.99. The second kappa shape index (κ2) is 6.89. The van der Waals surface area contributed by atoms with E-state index in [4.69, 9.17) is 0 Å². The summed E-state index contributed by atoms with van der Waals surface area (Å²) in [5.41, 5.74) is 1.57. The highest BCUT2D eigenvalue weighted by Gasteiger charge is 2.36. The number of nitrogens with one attached hydrogen (secondary N) is 2. The van der Waals surface area contributed by atoms with Crippen molar-refractivity contribution in [2.45, 2.75) is 38.1 Å². The van der Waals surface area contributed by atoms with Crippen LogP contribution in [0.2, 0.25) is 0 Å². The van der Waals surface area contributed by atoms with Gasteiger partial charge in [-0.05, 0) is 39.9 Å². The molecule has 1 aromatic heterocycles. The van der Waals surface area contributed by atoms with Crippen LogP contribution in [0.15, 0.2) is 18.5 Å². The molecule has 116 valence electrons. The quantitative estimate of drug-likeness (QED) is 0.842. The molecular weight excluding hydrogens is 264 g/mol. The summed E-state index contributed by atoms with van der Waals surface area (Å²) in [7, 11) is 4.21. The summed E-state index contributed by atoms with van der Waals surface area (Å²) in [5, 5.41) is 6.30. The van der Waals surface area contributed by atoms with Crippen LogP contribution in [0.5, 0.6) is 0 Å². The molecule has 2 rings (SSSR count). The Morgan fingerprint density at radius 2 is 2.10 bits per heavy atom. The van der Waals surface area contributed by atoms with Crippen LogP contribution >= 0.6 is 0 Å². The number of amides is 1. The number of hydrogen-bond acceptors (Lipinski definition) is 4. The summed E-state index contributed by atoms with van der Waals surface area (Å²) in [4.78, 5) is 18.8. The molecule has 1 aromatic rings. The van der Waals surface area contributed by atoms with Crippen molar-refractivity contribution in [1.29, 1.82) is 0 Å². The Bertz CT molecular complexity index is 481. The molecule has 5 nitrogen and oxygen atoms in total. The van der Waals surface area contributed by atoms with Gasteiger partial charge in [-0.2, -0.15) is 0 Å². The SMILES string of the molecule is CCNc1cnccc1C(=O)NCC1(N(C)C)CCCC1. The predicted molar refractivity (Wildman–Crippen MR) is 85.6 cm³/mol. The molecule has 0 bridgehead atoms. The predicted octanol–water partition coefficient (Wildman–Crippen LogP) is 2.12. The third-order valence-corrected chi connectivity index (χ3v) is 4.49. The van der Waals surface area contributed by atoms with Gasteiger partial charge in [0.15, 0.2) is 0 Å². The molecule has 0 atom stereocenters. The van der Waals surface area contributed by atoms with Crippen LogP contribution in [0.1, 0.15) is 43.0 Å². The van der Waals surface area contributed by atoms with Crippen LogP contribution in [0.4, 0.5) is 5.69 Å². The lowest BCUT2D eigenvalue weighted by Crippen LogP contribution is -2.50. The van der Waals surface area contributed by atoms with Crippen molar-refractivity contribution in [3.05, 3.63) is 24.0 Å². The Morgan fingerprint density at radius 3 is 2.71 bits per heavy atom. The second-order valence-electron chi connectivity index (χ2n) is 5.96. The van der Waals surface area contributed by atoms with E-state index in [-0.39, 0.29) is 11.4 Å². The van der Waals surface area contributed by atoms with Crippen LogP contribution in [-0.2, 0) is 0 Å². The first kappa shape index (κ1) is 15.8. The van der Waals surface area contributed by atoms with Crippen LogP contribution in [0.3, 0.4) is 0 Å². The van der Waals surface area contributed by atoms with Crippen molar-refractivity contribution >= 4 is 11.6 Å². The zero-order valence-electron chi connectivity index (χ0n) is 13.3. The van der Waals surface area contributed by atoms with Crippen molar-refractivity contribution in [3.63, 3.8) is 0 Å². The van der Waals surface area contributed by atoms with E-state index in [1.54, 1.807) is 18.5 Å². The number of likely N-dealkylation sites (N-methyl/N-ethyl adjacent to an activating group) is 1. The minimum Gasteiger partial charge on any atom is -0.383 e. The average molecular weight is 290 g/mol. The number of rotatable bonds is 6. The van der Waals surface area contributed by atoms with Gasteiger partial charge in [-0.25, -0.2) is 0 Å². The first-order chi connectivity index (χ1) is 10.1. The number of anilines is 1. The van der Waals surface area contributed by atoms with E-state index in [0.29, 0.717) is 12.1 Å². The summed E-state index contributed by atoms with van der Waals surface area (Å²) in [5.74, 6) is -0.0264. The summed E-state index contributed by atoms with van der Waals surface area (Å²) in [6.07, 6.45) is 8.15. The molecule has 5 heteroatoms. The molecule has 0 spiro atoms. The lowest BCUT2D eigenvalue weighted by molar-refractivity contribution is 0.0900. The van der Waals surface area contributed by atoms with E-state index < -0.39 is 0 Å². The summed E-state index contributed by atoms with van der Waals surface area (Å²) in [6, 6.07) is 1.77. The molecule has 0 saturated heterocycles. The highest BCUT2D eigenvalue weighted by atomic mass is 16.1. The van der Waals surface area contributed by atoms with E-state index in [1.807, 2.05) is 6.92 Å². The third-order valence-electron chi connectivity index (χ3n) is 4.49. The minimum absolute atomic E-state index is 0.0264. The summed E-state index contributed by atoms with van der Waals surface area (Å²) < 4.78 is 0. The maximum atomic E-state index is 12.5. The van der Waals surface area contributed by atoms with E-state index in [0.717, 1.165) is 25.1 Å². The fourth-order valence-corrected chi connectivity index (χ4v) is 3.08. The lowest BCUT2D eigenvalue weighted by Gasteiger charge is -2.36. The molecule has 1 amide bonds. The van der Waals surface area contributed by atoms with Crippen LogP contribution in [0.25, 0.3) is 0 Å². The Morgan fingerprint density at radius 1 is 1.38 bits per heavy atom. The fraction of sp³-hybridized carbons (Fsp3) is 0.625. The average Bonchev–Trinajstić information content (AvgIpc) is 2.96. The normalized spacial score (nSPS) is 17.0. The summed E-state index contributed by atoms with van der Waals surface area (Å²) >= 11 is 0. The van der Waals surface area contributed by atoms with Crippen molar-refractivity contribution in [2.24, 2.45) is 0 Å². The molecule has 21 heavy (non-hydrogen) atoms. The zero-order chi connectivity index (χ0) is 15.3. The second-order valence-corrected chi connectivity index (χ2v) is 5.96. The number of aromatic nitrogens is 1. The maximum Gasteiger partial charge on any atom is 0.253 e. The molecule has 1 aliphatic rings. The van der Waals surface area contributed by atoms with E-state index >= 15 is 0 Å². The molecule has 0 aliphatic heterocycles. The van der Waals surface area contributed by atoms with E-state index in [9.17, 15) is 4.79 Å². The fourth-order valence-electron chi connectivity index (χ4n) is 3.08. The van der Waals surface area contributed by atoms with Gasteiger partial charge in [-0.15, -0.1) is 0 Å². The standard InChI is InChI=1S/C16H26N4O/c1-4-18-14-11-17-10-7-13(14)15(21)19-12-16(20(2)3)8-5-6-9-16/h7,10-11,18H,4-6,8-9,12H2,1-3H3,(H,19,21). The van der Waals surface area contributed by atoms with Gasteiger partial charge in [-0.3, -0.25) is 9.78 Å². The van der Waals surface area contributed by atoms with Crippen molar-refractivity contribution in [2.75, 3.05) is 32.5 Å². The number of hydrogen-bond donors (Lipinski definition) is 2. The molecule has 2 N–H and O–H groups in total. The number of pyridine rings is 1. The molecule has 0 radical (unpaired) electrons. The molecular formula is C16H26N4O. The van der Waals surface area contributed by atoms with E-state index in [2.05, 4.69) is 34.6 Å². The van der Waals surface area contributed by atoms with Crippen LogP contribution in [0, 0.1) is 0 Å². The largest absolute Gasteiger partial charge is 0.383 e. The van der Waals surface area contributed by atoms with Crippen LogP contribution in [-0.4, -0.2) is 48.5 Å². The van der Waals surface area contributed by atoms with Gasteiger partial charge in [-0.1, -0.05) is 12.8 Å². The lowest BCUT2D eigenvalue weighted by atomic mass is 9.96. The topological polar surface area (TPSA) is 57.3 Å². The van der Waals surface area contributed by atoms with Crippen molar-refractivity contribution in [1.82, 2.24) is 15.2 Å². The monoisotopic (exact) mass is 290 g/mol. The summed E-state index contributed by atoms with van der Waals surface area (Å²) in [6.45, 7) is 3.48. The molecule has 0 unspecified atom stereocenters. The Kier molecular flexibility index (Phi) is 5.17. The maximum absolute atomic E-state index is 12.5. The minimum atomic E-state index is -0.0264. The highest BCUT2D eigenvalue weighted by Crippen LogP contribution is 2.33. The van der Waals surface area contributed by atoms with Gasteiger partial charge >= 0.3 is 0 Å². The molecule has 1 saturated carbocycles.